The molecule has 3 heterocycles. The lowest BCUT2D eigenvalue weighted by Gasteiger charge is -2.08. The molecule has 158 valence electrons. The number of hydrogen-bond donors (Lipinski definition) is 1. The minimum atomic E-state index is -3.02. The van der Waals surface area contributed by atoms with E-state index in [4.69, 9.17) is 4.42 Å². The Labute approximate surface area is 177 Å². The maximum atomic E-state index is 12.5. The predicted octanol–water partition coefficient (Wildman–Crippen LogP) is 2.40. The number of amides is 1. The predicted molar refractivity (Wildman–Crippen MR) is 113 cm³/mol. The van der Waals surface area contributed by atoms with Crippen molar-refractivity contribution in [2.45, 2.75) is 24.4 Å². The van der Waals surface area contributed by atoms with E-state index in [-0.39, 0.29) is 40.6 Å². The SMILES string of the molecule is CC(=O)c1oc2ccccc2c1NC(=O)CSc1nnc([C@@H]2CCS(=O)(=O)C2)n1C. The number of nitrogens with zero attached hydrogens (tertiary/aromatic N) is 3. The summed E-state index contributed by atoms with van der Waals surface area (Å²) in [6.07, 6.45) is 0.529. The van der Waals surface area contributed by atoms with Crippen LogP contribution in [0.25, 0.3) is 11.0 Å². The summed E-state index contributed by atoms with van der Waals surface area (Å²) in [6, 6.07) is 7.10. The third kappa shape index (κ3) is 3.99. The normalized spacial score (nSPS) is 18.0. The Bertz CT molecular complexity index is 1250. The molecular formula is C19H20N4O5S2. The van der Waals surface area contributed by atoms with Crippen molar-refractivity contribution in [2.75, 3.05) is 22.6 Å². The third-order valence-electron chi connectivity index (χ3n) is 4.98. The summed E-state index contributed by atoms with van der Waals surface area (Å²) in [4.78, 5) is 24.4. The lowest BCUT2D eigenvalue weighted by atomic mass is 10.1. The number of Topliss-reactive ketones (excluding diaryl/α,β-unsaturated/α-hetero) is 1. The van der Waals surface area contributed by atoms with Gasteiger partial charge in [0.1, 0.15) is 11.4 Å². The van der Waals surface area contributed by atoms with Crippen LogP contribution >= 0.6 is 11.8 Å². The molecule has 1 fully saturated rings. The molecule has 1 aliphatic rings. The number of sulfone groups is 1. The lowest BCUT2D eigenvalue weighted by molar-refractivity contribution is -0.113. The van der Waals surface area contributed by atoms with E-state index in [2.05, 4.69) is 15.5 Å². The monoisotopic (exact) mass is 448 g/mol. The minimum absolute atomic E-state index is 0.0474. The second-order valence-corrected chi connectivity index (χ2v) is 10.4. The van der Waals surface area contributed by atoms with E-state index in [9.17, 15) is 18.0 Å². The number of para-hydroxylation sites is 1. The van der Waals surface area contributed by atoms with Crippen LogP contribution in [0.2, 0.25) is 0 Å². The Kier molecular flexibility index (Phi) is 5.41. The van der Waals surface area contributed by atoms with Gasteiger partial charge in [-0.15, -0.1) is 10.2 Å². The number of aromatic nitrogens is 3. The van der Waals surface area contributed by atoms with Crippen LogP contribution in [0.1, 0.15) is 35.6 Å². The van der Waals surface area contributed by atoms with E-state index < -0.39 is 9.84 Å². The van der Waals surface area contributed by atoms with Crippen molar-refractivity contribution in [1.82, 2.24) is 14.8 Å². The quantitative estimate of drug-likeness (QED) is 0.450. The molecule has 0 spiro atoms. The molecule has 0 saturated carbocycles. The standard InChI is InChI=1S/C19H20N4O5S2/c1-11(24)17-16(13-5-3-4-6-14(13)28-17)20-15(25)9-29-19-22-21-18(23(19)2)12-7-8-30(26,27)10-12/h3-6,12H,7-10H2,1-2H3,(H,20,25)/t12-/m1/s1. The summed E-state index contributed by atoms with van der Waals surface area (Å²) in [5.41, 5.74) is 0.883. The van der Waals surface area contributed by atoms with Crippen molar-refractivity contribution in [3.63, 3.8) is 0 Å². The van der Waals surface area contributed by atoms with E-state index in [1.165, 1.54) is 18.7 Å². The molecule has 0 unspecified atom stereocenters. The second-order valence-electron chi connectivity index (χ2n) is 7.20. The van der Waals surface area contributed by atoms with Crippen LogP contribution in [0.3, 0.4) is 0 Å². The van der Waals surface area contributed by atoms with E-state index in [1.54, 1.807) is 35.9 Å². The molecule has 4 rings (SSSR count). The molecule has 30 heavy (non-hydrogen) atoms. The average molecular weight is 449 g/mol. The maximum Gasteiger partial charge on any atom is 0.234 e. The van der Waals surface area contributed by atoms with Gasteiger partial charge in [0, 0.05) is 25.3 Å². The summed E-state index contributed by atoms with van der Waals surface area (Å²) < 4.78 is 30.7. The number of anilines is 1. The zero-order valence-corrected chi connectivity index (χ0v) is 18.0. The van der Waals surface area contributed by atoms with Crippen molar-refractivity contribution in [2.24, 2.45) is 7.05 Å². The fourth-order valence-corrected chi connectivity index (χ4v) is 5.99. The average Bonchev–Trinajstić information content (AvgIpc) is 3.35. The van der Waals surface area contributed by atoms with E-state index in [1.807, 2.05) is 0 Å². The van der Waals surface area contributed by atoms with Gasteiger partial charge in [-0.25, -0.2) is 8.42 Å². The van der Waals surface area contributed by atoms with Gasteiger partial charge in [0.25, 0.3) is 0 Å². The van der Waals surface area contributed by atoms with Crippen molar-refractivity contribution in [1.29, 1.82) is 0 Å². The lowest BCUT2D eigenvalue weighted by Crippen LogP contribution is -2.16. The molecule has 1 atom stereocenters. The molecule has 0 radical (unpaired) electrons. The molecular weight excluding hydrogens is 428 g/mol. The molecule has 1 amide bonds. The van der Waals surface area contributed by atoms with Gasteiger partial charge in [0.15, 0.2) is 26.5 Å². The zero-order valence-electron chi connectivity index (χ0n) is 16.4. The number of fused-ring (bicyclic) bond motifs is 1. The highest BCUT2D eigenvalue weighted by Crippen LogP contribution is 2.32. The highest BCUT2D eigenvalue weighted by molar-refractivity contribution is 7.99. The van der Waals surface area contributed by atoms with Gasteiger partial charge in [-0.1, -0.05) is 23.9 Å². The summed E-state index contributed by atoms with van der Waals surface area (Å²) in [6.45, 7) is 1.38. The first-order chi connectivity index (χ1) is 14.2. The number of nitrogens with one attached hydrogen (secondary N) is 1. The Morgan fingerprint density at radius 3 is 2.77 bits per heavy atom. The zero-order chi connectivity index (χ0) is 21.5. The topological polar surface area (TPSA) is 124 Å². The van der Waals surface area contributed by atoms with Crippen molar-refractivity contribution >= 4 is 49.9 Å². The smallest absolute Gasteiger partial charge is 0.234 e. The highest BCUT2D eigenvalue weighted by atomic mass is 32.2. The van der Waals surface area contributed by atoms with Gasteiger partial charge >= 0.3 is 0 Å². The number of benzene rings is 1. The summed E-state index contributed by atoms with van der Waals surface area (Å²) in [5, 5.41) is 12.2. The van der Waals surface area contributed by atoms with Gasteiger partial charge in [0.2, 0.25) is 5.91 Å². The van der Waals surface area contributed by atoms with Crippen LogP contribution in [-0.4, -0.2) is 52.1 Å². The second kappa shape index (κ2) is 7.88. The Balaban J connectivity index is 1.46. The van der Waals surface area contributed by atoms with Crippen LogP contribution in [0, 0.1) is 0 Å². The first-order valence-electron chi connectivity index (χ1n) is 9.30. The van der Waals surface area contributed by atoms with Crippen LogP contribution in [0.5, 0.6) is 0 Å². The number of furan rings is 1. The number of thioether (sulfide) groups is 1. The van der Waals surface area contributed by atoms with E-state index in [0.29, 0.717) is 34.1 Å². The molecule has 11 heteroatoms. The maximum absolute atomic E-state index is 12.5. The number of rotatable bonds is 6. The summed E-state index contributed by atoms with van der Waals surface area (Å²) in [5.74, 6) is 0.229. The van der Waals surface area contributed by atoms with Gasteiger partial charge in [-0.2, -0.15) is 0 Å². The Morgan fingerprint density at radius 1 is 1.30 bits per heavy atom. The Morgan fingerprint density at radius 2 is 2.07 bits per heavy atom. The fourth-order valence-electron chi connectivity index (χ4n) is 3.53. The number of carbonyl (C=O) groups excluding carboxylic acids is 2. The van der Waals surface area contributed by atoms with Gasteiger partial charge in [-0.05, 0) is 18.6 Å². The molecule has 3 aromatic rings. The first-order valence-corrected chi connectivity index (χ1v) is 12.1. The number of carbonyl (C=O) groups is 2. The molecule has 1 aliphatic heterocycles. The fraction of sp³-hybridized carbons (Fsp3) is 0.368. The molecule has 0 bridgehead atoms. The highest BCUT2D eigenvalue weighted by Gasteiger charge is 2.32. The molecule has 1 aromatic carbocycles. The van der Waals surface area contributed by atoms with Gasteiger partial charge in [-0.3, -0.25) is 9.59 Å². The molecule has 1 saturated heterocycles. The van der Waals surface area contributed by atoms with E-state index in [0.717, 1.165) is 0 Å². The molecule has 0 aliphatic carbocycles. The van der Waals surface area contributed by atoms with Gasteiger partial charge < -0.3 is 14.3 Å². The number of ketones is 1. The van der Waals surface area contributed by atoms with Crippen molar-refractivity contribution < 1.29 is 22.4 Å². The van der Waals surface area contributed by atoms with Gasteiger partial charge in [0.05, 0.1) is 22.9 Å². The van der Waals surface area contributed by atoms with Crippen LogP contribution in [0.15, 0.2) is 33.8 Å². The van der Waals surface area contributed by atoms with Crippen molar-refractivity contribution in [3.05, 3.63) is 35.9 Å². The van der Waals surface area contributed by atoms with E-state index >= 15 is 0 Å². The number of hydrogen-bond acceptors (Lipinski definition) is 8. The largest absolute Gasteiger partial charge is 0.451 e. The van der Waals surface area contributed by atoms with Crippen LogP contribution in [0.4, 0.5) is 5.69 Å². The Hall–Kier alpha value is -2.66. The van der Waals surface area contributed by atoms with Crippen LogP contribution < -0.4 is 5.32 Å². The molecule has 9 nitrogen and oxygen atoms in total. The minimum Gasteiger partial charge on any atom is -0.451 e. The van der Waals surface area contributed by atoms with Crippen LogP contribution in [-0.2, 0) is 21.7 Å². The molecule has 1 N–H and O–H groups in total. The first kappa shape index (κ1) is 20.6. The summed E-state index contributed by atoms with van der Waals surface area (Å²) >= 11 is 1.19. The summed E-state index contributed by atoms with van der Waals surface area (Å²) in [7, 11) is -1.26. The van der Waals surface area contributed by atoms with Crippen molar-refractivity contribution in [3.8, 4) is 0 Å². The molecule has 2 aromatic heterocycles. The third-order valence-corrected chi connectivity index (χ3v) is 7.77.